The van der Waals surface area contributed by atoms with Gasteiger partial charge in [0, 0.05) is 0 Å². The Morgan fingerprint density at radius 1 is 1.31 bits per heavy atom. The fraction of sp³-hybridized carbons (Fsp3) is 0.692. The van der Waals surface area contributed by atoms with E-state index in [4.69, 9.17) is 0 Å². The van der Waals surface area contributed by atoms with Crippen molar-refractivity contribution in [2.75, 3.05) is 0 Å². The Bertz CT molecular complexity index is 261. The third-order valence-electron chi connectivity index (χ3n) is 4.48. The fourth-order valence-electron chi connectivity index (χ4n) is 3.94. The molecule has 0 heteroatoms. The van der Waals surface area contributed by atoms with Crippen LogP contribution in [0.4, 0.5) is 0 Å². The predicted octanol–water partition coefficient (Wildman–Crippen LogP) is 3.55. The van der Waals surface area contributed by atoms with Gasteiger partial charge in [0.25, 0.3) is 0 Å². The first-order chi connectivity index (χ1) is 6.40. The molecule has 2 fully saturated rings. The molecule has 4 unspecified atom stereocenters. The van der Waals surface area contributed by atoms with Gasteiger partial charge in [-0.25, -0.2) is 0 Å². The van der Waals surface area contributed by atoms with Crippen molar-refractivity contribution in [2.24, 2.45) is 23.7 Å². The van der Waals surface area contributed by atoms with Gasteiger partial charge in [0.2, 0.25) is 0 Å². The Labute approximate surface area is 80.7 Å². The highest BCUT2D eigenvalue weighted by Crippen LogP contribution is 2.57. The lowest BCUT2D eigenvalue weighted by Gasteiger charge is -2.32. The van der Waals surface area contributed by atoms with Gasteiger partial charge in [0.1, 0.15) is 0 Å². The zero-order valence-corrected chi connectivity index (χ0v) is 8.21. The molecule has 0 heterocycles. The molecule has 3 aliphatic rings. The molecule has 0 N–H and O–H groups in total. The third-order valence-corrected chi connectivity index (χ3v) is 4.48. The summed E-state index contributed by atoms with van der Waals surface area (Å²) in [4.78, 5) is 0. The van der Waals surface area contributed by atoms with Gasteiger partial charge in [0.05, 0.1) is 0 Å². The normalized spacial score (nSPS) is 47.2. The highest BCUT2D eigenvalue weighted by atomic mass is 14.5. The molecular weight excluding hydrogens is 156 g/mol. The van der Waals surface area contributed by atoms with E-state index in [9.17, 15) is 0 Å². The molecule has 0 aromatic carbocycles. The van der Waals surface area contributed by atoms with E-state index >= 15 is 0 Å². The summed E-state index contributed by atoms with van der Waals surface area (Å²) in [5.41, 5.74) is 1.83. The number of hydrogen-bond acceptors (Lipinski definition) is 0. The predicted molar refractivity (Wildman–Crippen MR) is 55.3 cm³/mol. The van der Waals surface area contributed by atoms with Crippen LogP contribution >= 0.6 is 0 Å². The first-order valence-electron chi connectivity index (χ1n) is 5.72. The van der Waals surface area contributed by atoms with Crippen molar-refractivity contribution < 1.29 is 0 Å². The van der Waals surface area contributed by atoms with Crippen LogP contribution in [0.5, 0.6) is 0 Å². The molecule has 2 saturated carbocycles. The van der Waals surface area contributed by atoms with Gasteiger partial charge in [-0.05, 0) is 55.8 Å². The summed E-state index contributed by atoms with van der Waals surface area (Å²) in [5.74, 6) is 3.76. The van der Waals surface area contributed by atoms with E-state index in [2.05, 4.69) is 18.7 Å². The molecule has 0 saturated heterocycles. The summed E-state index contributed by atoms with van der Waals surface area (Å²) in [6.45, 7) is 3.97. The maximum atomic E-state index is 3.97. The van der Waals surface area contributed by atoms with Gasteiger partial charge in [-0.3, -0.25) is 0 Å². The van der Waals surface area contributed by atoms with E-state index in [-0.39, 0.29) is 0 Å². The molecule has 0 spiro atoms. The maximum Gasteiger partial charge on any atom is -0.0135 e. The molecule has 3 rings (SSSR count). The fourth-order valence-corrected chi connectivity index (χ4v) is 3.94. The standard InChI is InChI=1S/C13H18/c1-2-9-7-10-8-13(9)12-6-4-3-5-11(10)12/h2,6,9-11,13H,1,3-5,7-8H2. The van der Waals surface area contributed by atoms with Crippen LogP contribution in [0, 0.1) is 23.7 Å². The Kier molecular flexibility index (Phi) is 1.65. The molecular formula is C13H18. The zero-order chi connectivity index (χ0) is 8.84. The smallest absolute Gasteiger partial charge is 0.0135 e. The first-order valence-corrected chi connectivity index (χ1v) is 5.72. The van der Waals surface area contributed by atoms with Crippen molar-refractivity contribution in [2.45, 2.75) is 32.1 Å². The van der Waals surface area contributed by atoms with Crippen LogP contribution in [-0.2, 0) is 0 Å². The van der Waals surface area contributed by atoms with Crippen molar-refractivity contribution in [3.05, 3.63) is 24.3 Å². The van der Waals surface area contributed by atoms with Gasteiger partial charge in [0.15, 0.2) is 0 Å². The average molecular weight is 174 g/mol. The van der Waals surface area contributed by atoms with Crippen LogP contribution in [0.25, 0.3) is 0 Å². The van der Waals surface area contributed by atoms with Crippen molar-refractivity contribution in [1.82, 2.24) is 0 Å². The van der Waals surface area contributed by atoms with E-state index in [1.54, 1.807) is 0 Å². The van der Waals surface area contributed by atoms with Gasteiger partial charge < -0.3 is 0 Å². The number of fused-ring (bicyclic) bond motifs is 5. The number of rotatable bonds is 1. The SMILES string of the molecule is C=CC1CC2CC1C1=CCCCC12. The first kappa shape index (κ1) is 7.84. The van der Waals surface area contributed by atoms with E-state index in [0.717, 1.165) is 23.7 Å². The van der Waals surface area contributed by atoms with Gasteiger partial charge in [-0.2, -0.15) is 0 Å². The quantitative estimate of drug-likeness (QED) is 0.533. The second kappa shape index (κ2) is 2.73. The molecule has 0 aromatic rings. The highest BCUT2D eigenvalue weighted by Gasteiger charge is 2.47. The zero-order valence-electron chi connectivity index (χ0n) is 8.21. The van der Waals surface area contributed by atoms with Crippen molar-refractivity contribution in [3.63, 3.8) is 0 Å². The van der Waals surface area contributed by atoms with Crippen molar-refractivity contribution in [3.8, 4) is 0 Å². The second-order valence-electron chi connectivity index (χ2n) is 4.98. The van der Waals surface area contributed by atoms with Crippen LogP contribution in [0.1, 0.15) is 32.1 Å². The molecule has 13 heavy (non-hydrogen) atoms. The largest absolute Gasteiger partial charge is 0.103 e. The number of hydrogen-bond donors (Lipinski definition) is 0. The number of allylic oxidation sites excluding steroid dienone is 3. The van der Waals surface area contributed by atoms with Gasteiger partial charge in [-0.15, -0.1) is 6.58 Å². The van der Waals surface area contributed by atoms with Crippen LogP contribution in [0.3, 0.4) is 0 Å². The molecule has 0 radical (unpaired) electrons. The summed E-state index contributed by atoms with van der Waals surface area (Å²) in [6, 6.07) is 0. The minimum atomic E-state index is 0.825. The summed E-state index contributed by atoms with van der Waals surface area (Å²) in [6.07, 6.45) is 11.9. The maximum absolute atomic E-state index is 3.97. The molecule has 0 aliphatic heterocycles. The molecule has 3 aliphatic carbocycles. The summed E-state index contributed by atoms with van der Waals surface area (Å²) >= 11 is 0. The van der Waals surface area contributed by atoms with Crippen molar-refractivity contribution >= 4 is 0 Å². The minimum absolute atomic E-state index is 0.825. The lowest BCUT2D eigenvalue weighted by atomic mass is 9.73. The molecule has 0 nitrogen and oxygen atoms in total. The average Bonchev–Trinajstić information content (AvgIpc) is 2.75. The lowest BCUT2D eigenvalue weighted by molar-refractivity contribution is 0.333. The van der Waals surface area contributed by atoms with E-state index in [1.165, 1.54) is 32.1 Å². The molecule has 0 amide bonds. The Balaban J connectivity index is 1.93. The summed E-state index contributed by atoms with van der Waals surface area (Å²) < 4.78 is 0. The Morgan fingerprint density at radius 3 is 3.08 bits per heavy atom. The topological polar surface area (TPSA) is 0 Å². The highest BCUT2D eigenvalue weighted by molar-refractivity contribution is 5.26. The molecule has 70 valence electrons. The van der Waals surface area contributed by atoms with Gasteiger partial charge in [-0.1, -0.05) is 17.7 Å². The molecule has 2 bridgehead atoms. The van der Waals surface area contributed by atoms with Crippen LogP contribution in [0.15, 0.2) is 24.3 Å². The van der Waals surface area contributed by atoms with E-state index < -0.39 is 0 Å². The Morgan fingerprint density at radius 2 is 2.23 bits per heavy atom. The summed E-state index contributed by atoms with van der Waals surface area (Å²) in [5, 5.41) is 0. The molecule has 4 atom stereocenters. The second-order valence-corrected chi connectivity index (χ2v) is 4.98. The Hall–Kier alpha value is -0.520. The minimum Gasteiger partial charge on any atom is -0.103 e. The van der Waals surface area contributed by atoms with Crippen molar-refractivity contribution in [1.29, 1.82) is 0 Å². The molecule has 0 aromatic heterocycles. The lowest BCUT2D eigenvalue weighted by Crippen LogP contribution is -2.21. The van der Waals surface area contributed by atoms with E-state index in [1.807, 2.05) is 5.57 Å². The summed E-state index contributed by atoms with van der Waals surface area (Å²) in [7, 11) is 0. The van der Waals surface area contributed by atoms with Gasteiger partial charge >= 0.3 is 0 Å². The van der Waals surface area contributed by atoms with Crippen LogP contribution in [-0.4, -0.2) is 0 Å². The van der Waals surface area contributed by atoms with Crippen LogP contribution < -0.4 is 0 Å². The monoisotopic (exact) mass is 174 g/mol. The third kappa shape index (κ3) is 0.978. The van der Waals surface area contributed by atoms with Crippen LogP contribution in [0.2, 0.25) is 0 Å². The van der Waals surface area contributed by atoms with E-state index in [0.29, 0.717) is 0 Å².